The summed E-state index contributed by atoms with van der Waals surface area (Å²) in [4.78, 5) is 49.8. The number of hydrogen-bond acceptors (Lipinski definition) is 6. The van der Waals surface area contributed by atoms with E-state index in [2.05, 4.69) is 10.6 Å². The number of nitrogens with two attached hydrogens (primary N) is 2. The van der Waals surface area contributed by atoms with Crippen LogP contribution in [0.5, 0.6) is 0 Å². The van der Waals surface area contributed by atoms with Gasteiger partial charge in [-0.3, -0.25) is 14.4 Å². The Labute approximate surface area is 171 Å². The number of likely N-dealkylation sites (tertiary alicyclic amines) is 1. The van der Waals surface area contributed by atoms with Gasteiger partial charge < -0.3 is 32.1 Å². The third-order valence-electron chi connectivity index (χ3n) is 4.89. The summed E-state index contributed by atoms with van der Waals surface area (Å²) in [5.74, 6) is -2.28. The molecule has 0 aromatic rings. The lowest BCUT2D eigenvalue weighted by Crippen LogP contribution is -2.54. The number of hydrogen-bond donors (Lipinski definition) is 5. The molecule has 3 amide bonds. The molecule has 7 N–H and O–H groups in total. The van der Waals surface area contributed by atoms with E-state index in [-0.39, 0.29) is 12.5 Å². The molecule has 1 aliphatic rings. The van der Waals surface area contributed by atoms with Crippen molar-refractivity contribution in [2.75, 3.05) is 19.6 Å². The molecule has 3 atom stereocenters. The van der Waals surface area contributed by atoms with E-state index in [0.717, 1.165) is 12.8 Å². The van der Waals surface area contributed by atoms with Crippen molar-refractivity contribution in [2.24, 2.45) is 17.4 Å². The SMILES string of the molecule is CC(C)CC(NC(=O)CNC(=O)C(N)CCCCN)C(=O)N1CCCC1C(=O)O. The summed E-state index contributed by atoms with van der Waals surface area (Å²) < 4.78 is 0. The van der Waals surface area contributed by atoms with Crippen LogP contribution in [-0.2, 0) is 19.2 Å². The lowest BCUT2D eigenvalue weighted by molar-refractivity contribution is -0.149. The molecule has 1 fully saturated rings. The molecule has 1 heterocycles. The van der Waals surface area contributed by atoms with E-state index in [1.807, 2.05) is 13.8 Å². The van der Waals surface area contributed by atoms with Crippen LogP contribution in [0.2, 0.25) is 0 Å². The van der Waals surface area contributed by atoms with Gasteiger partial charge in [0.05, 0.1) is 12.6 Å². The average molecular weight is 414 g/mol. The van der Waals surface area contributed by atoms with Crippen molar-refractivity contribution in [3.05, 3.63) is 0 Å². The highest BCUT2D eigenvalue weighted by Crippen LogP contribution is 2.20. The molecule has 3 unspecified atom stereocenters. The van der Waals surface area contributed by atoms with Gasteiger partial charge in [-0.05, 0) is 44.6 Å². The summed E-state index contributed by atoms with van der Waals surface area (Å²) in [6, 6.07) is -2.42. The Kier molecular flexibility index (Phi) is 10.6. The predicted molar refractivity (Wildman–Crippen MR) is 108 cm³/mol. The van der Waals surface area contributed by atoms with E-state index in [4.69, 9.17) is 11.5 Å². The molecule has 1 aliphatic heterocycles. The van der Waals surface area contributed by atoms with Crippen LogP contribution in [-0.4, -0.2) is 71.5 Å². The van der Waals surface area contributed by atoms with Gasteiger partial charge >= 0.3 is 5.97 Å². The Hall–Kier alpha value is -2.20. The van der Waals surface area contributed by atoms with Gasteiger partial charge in [0.25, 0.3) is 0 Å². The average Bonchev–Trinajstić information content (AvgIpc) is 3.14. The van der Waals surface area contributed by atoms with Crippen LogP contribution >= 0.6 is 0 Å². The van der Waals surface area contributed by atoms with Crippen LogP contribution in [0, 0.1) is 5.92 Å². The highest BCUT2D eigenvalue weighted by atomic mass is 16.4. The van der Waals surface area contributed by atoms with E-state index in [0.29, 0.717) is 38.8 Å². The molecule has 0 bridgehead atoms. The molecular weight excluding hydrogens is 378 g/mol. The molecule has 166 valence electrons. The largest absolute Gasteiger partial charge is 0.480 e. The summed E-state index contributed by atoms with van der Waals surface area (Å²) in [7, 11) is 0. The smallest absolute Gasteiger partial charge is 0.326 e. The minimum atomic E-state index is -1.04. The zero-order valence-electron chi connectivity index (χ0n) is 17.4. The van der Waals surface area contributed by atoms with Crippen LogP contribution in [0.15, 0.2) is 0 Å². The number of carbonyl (C=O) groups excluding carboxylic acids is 3. The highest BCUT2D eigenvalue weighted by Gasteiger charge is 2.37. The first kappa shape index (κ1) is 24.8. The summed E-state index contributed by atoms with van der Waals surface area (Å²) in [5.41, 5.74) is 11.2. The molecule has 0 aromatic carbocycles. The number of rotatable bonds is 12. The third kappa shape index (κ3) is 8.36. The number of carboxylic acids is 1. The van der Waals surface area contributed by atoms with E-state index < -0.39 is 41.8 Å². The predicted octanol–water partition coefficient (Wildman–Crippen LogP) is -0.835. The van der Waals surface area contributed by atoms with Crippen molar-refractivity contribution in [3.63, 3.8) is 0 Å². The van der Waals surface area contributed by atoms with Gasteiger partial charge in [-0.1, -0.05) is 20.3 Å². The first-order valence-corrected chi connectivity index (χ1v) is 10.2. The van der Waals surface area contributed by atoms with Crippen molar-refractivity contribution in [1.29, 1.82) is 0 Å². The molecule has 1 rings (SSSR count). The van der Waals surface area contributed by atoms with Crippen LogP contribution in [0.25, 0.3) is 0 Å². The Morgan fingerprint density at radius 2 is 1.90 bits per heavy atom. The Balaban J connectivity index is 2.61. The second kappa shape index (κ2) is 12.4. The maximum absolute atomic E-state index is 12.9. The van der Waals surface area contributed by atoms with Gasteiger partial charge in [0.1, 0.15) is 12.1 Å². The number of nitrogens with zero attached hydrogens (tertiary/aromatic N) is 1. The normalized spacial score (nSPS) is 18.4. The van der Waals surface area contributed by atoms with Crippen molar-refractivity contribution in [1.82, 2.24) is 15.5 Å². The van der Waals surface area contributed by atoms with Crippen LogP contribution in [0.4, 0.5) is 0 Å². The number of aliphatic carboxylic acids is 1. The van der Waals surface area contributed by atoms with Gasteiger partial charge in [0.2, 0.25) is 17.7 Å². The second-order valence-corrected chi connectivity index (χ2v) is 7.89. The Morgan fingerprint density at radius 1 is 1.21 bits per heavy atom. The number of carbonyl (C=O) groups is 4. The van der Waals surface area contributed by atoms with Crippen LogP contribution in [0.1, 0.15) is 52.4 Å². The zero-order chi connectivity index (χ0) is 22.0. The van der Waals surface area contributed by atoms with Crippen molar-refractivity contribution in [2.45, 2.75) is 70.5 Å². The molecule has 0 radical (unpaired) electrons. The minimum Gasteiger partial charge on any atom is -0.480 e. The second-order valence-electron chi connectivity index (χ2n) is 7.89. The first-order chi connectivity index (χ1) is 13.7. The minimum absolute atomic E-state index is 0.112. The Bertz CT molecular complexity index is 583. The lowest BCUT2D eigenvalue weighted by Gasteiger charge is -2.28. The summed E-state index contributed by atoms with van der Waals surface area (Å²) in [6.07, 6.45) is 3.37. The molecule has 10 heteroatoms. The number of amides is 3. The maximum Gasteiger partial charge on any atom is 0.326 e. The van der Waals surface area contributed by atoms with E-state index in [1.165, 1.54) is 4.90 Å². The van der Waals surface area contributed by atoms with Crippen LogP contribution in [0.3, 0.4) is 0 Å². The highest BCUT2D eigenvalue weighted by molar-refractivity contribution is 5.92. The fourth-order valence-corrected chi connectivity index (χ4v) is 3.36. The molecular formula is C19H35N5O5. The molecule has 0 spiro atoms. The quantitative estimate of drug-likeness (QED) is 0.260. The Morgan fingerprint density at radius 3 is 2.48 bits per heavy atom. The van der Waals surface area contributed by atoms with Crippen molar-refractivity contribution < 1.29 is 24.3 Å². The first-order valence-electron chi connectivity index (χ1n) is 10.2. The lowest BCUT2D eigenvalue weighted by atomic mass is 10.0. The van der Waals surface area contributed by atoms with Gasteiger partial charge in [-0.15, -0.1) is 0 Å². The topological polar surface area (TPSA) is 168 Å². The molecule has 0 saturated carbocycles. The van der Waals surface area contributed by atoms with Gasteiger partial charge in [0, 0.05) is 6.54 Å². The summed E-state index contributed by atoms with van der Waals surface area (Å²) in [5, 5.41) is 14.4. The zero-order valence-corrected chi connectivity index (χ0v) is 17.4. The summed E-state index contributed by atoms with van der Waals surface area (Å²) >= 11 is 0. The fourth-order valence-electron chi connectivity index (χ4n) is 3.36. The maximum atomic E-state index is 12.9. The van der Waals surface area contributed by atoms with Gasteiger partial charge in [-0.25, -0.2) is 4.79 Å². The monoisotopic (exact) mass is 413 g/mol. The standard InChI is InChI=1S/C19H35N5O5/c1-12(2)10-14(18(27)24-9-5-7-15(24)19(28)29)23-16(25)11-22-17(26)13(21)6-3-4-8-20/h12-15H,3-11,20-21H2,1-2H3,(H,22,26)(H,23,25)(H,28,29). The third-order valence-corrected chi connectivity index (χ3v) is 4.89. The van der Waals surface area contributed by atoms with E-state index in [9.17, 15) is 24.3 Å². The summed E-state index contributed by atoms with van der Waals surface area (Å²) in [6.45, 7) is 4.41. The van der Waals surface area contributed by atoms with E-state index >= 15 is 0 Å². The molecule has 1 saturated heterocycles. The van der Waals surface area contributed by atoms with Crippen molar-refractivity contribution in [3.8, 4) is 0 Å². The number of unbranched alkanes of at least 4 members (excludes halogenated alkanes) is 1. The van der Waals surface area contributed by atoms with Gasteiger partial charge in [0.15, 0.2) is 0 Å². The molecule has 29 heavy (non-hydrogen) atoms. The van der Waals surface area contributed by atoms with Crippen molar-refractivity contribution >= 4 is 23.7 Å². The number of nitrogens with one attached hydrogen (secondary N) is 2. The van der Waals surface area contributed by atoms with E-state index in [1.54, 1.807) is 0 Å². The van der Waals surface area contributed by atoms with Gasteiger partial charge in [-0.2, -0.15) is 0 Å². The number of carboxylic acid groups (broad SMARTS) is 1. The van der Waals surface area contributed by atoms with Crippen LogP contribution < -0.4 is 22.1 Å². The molecule has 0 aliphatic carbocycles. The fraction of sp³-hybridized carbons (Fsp3) is 0.789. The molecule has 0 aromatic heterocycles. The molecule has 10 nitrogen and oxygen atoms in total.